The van der Waals surface area contributed by atoms with Gasteiger partial charge in [-0.05, 0) is 62.0 Å². The summed E-state index contributed by atoms with van der Waals surface area (Å²) in [7, 11) is 0. The van der Waals surface area contributed by atoms with Gasteiger partial charge in [0, 0.05) is 29.9 Å². The highest BCUT2D eigenvalue weighted by Gasteiger charge is 2.12. The number of hydrogen-bond acceptors (Lipinski definition) is 3. The molecule has 3 nitrogen and oxygen atoms in total. The van der Waals surface area contributed by atoms with Crippen molar-refractivity contribution in [3.05, 3.63) is 54.0 Å². The zero-order chi connectivity index (χ0) is 15.6. The first-order valence-corrected chi connectivity index (χ1v) is 8.45. The Bertz CT molecular complexity index is 815. The molecule has 1 aliphatic heterocycles. The molecule has 118 valence electrons. The van der Waals surface area contributed by atoms with Crippen LogP contribution in [0.1, 0.15) is 30.6 Å². The molecule has 0 radical (unpaired) electrons. The Morgan fingerprint density at radius 1 is 1.04 bits per heavy atom. The fraction of sp³-hybridized carbons (Fsp3) is 0.350. The monoisotopic (exact) mass is 306 g/mol. The Morgan fingerprint density at radius 2 is 1.91 bits per heavy atom. The molecule has 2 aromatic heterocycles. The second-order valence-corrected chi connectivity index (χ2v) is 6.49. The molecule has 1 saturated heterocycles. The topological polar surface area (TPSA) is 29.3 Å². The first-order chi connectivity index (χ1) is 11.3. The Morgan fingerprint density at radius 3 is 2.70 bits per heavy atom. The molecular formula is C20H22N2O. The van der Waals surface area contributed by atoms with Crippen LogP contribution < -0.4 is 0 Å². The number of fused-ring (bicyclic) bond motifs is 1. The maximum atomic E-state index is 5.82. The van der Waals surface area contributed by atoms with Gasteiger partial charge in [-0.25, -0.2) is 0 Å². The van der Waals surface area contributed by atoms with Crippen molar-refractivity contribution in [1.82, 2.24) is 9.88 Å². The van der Waals surface area contributed by atoms with Crippen molar-refractivity contribution in [2.24, 2.45) is 0 Å². The Hall–Kier alpha value is -2.13. The Kier molecular flexibility index (Phi) is 3.88. The molecule has 0 atom stereocenters. The third-order valence-corrected chi connectivity index (χ3v) is 4.69. The number of likely N-dealkylation sites (tertiary alicyclic amines) is 1. The molecule has 3 heterocycles. The van der Waals surface area contributed by atoms with Crippen molar-refractivity contribution in [2.45, 2.75) is 32.7 Å². The highest BCUT2D eigenvalue weighted by molar-refractivity contribution is 5.95. The summed E-state index contributed by atoms with van der Waals surface area (Å²) in [5.74, 6) is 1.83. The molecule has 0 amide bonds. The van der Waals surface area contributed by atoms with Crippen LogP contribution in [0, 0.1) is 6.92 Å². The number of nitrogens with zero attached hydrogens (tertiary/aromatic N) is 2. The second-order valence-electron chi connectivity index (χ2n) is 6.49. The quantitative estimate of drug-likeness (QED) is 0.697. The van der Waals surface area contributed by atoms with Crippen LogP contribution in [0.15, 0.2) is 47.1 Å². The summed E-state index contributed by atoms with van der Waals surface area (Å²) >= 11 is 0. The maximum Gasteiger partial charge on any atom is 0.136 e. The van der Waals surface area contributed by atoms with Crippen molar-refractivity contribution in [3.8, 4) is 11.3 Å². The van der Waals surface area contributed by atoms with Crippen LogP contribution in [0.4, 0.5) is 0 Å². The molecule has 0 unspecified atom stereocenters. The van der Waals surface area contributed by atoms with Gasteiger partial charge in [0.1, 0.15) is 11.5 Å². The van der Waals surface area contributed by atoms with Crippen LogP contribution in [-0.2, 0) is 6.54 Å². The summed E-state index contributed by atoms with van der Waals surface area (Å²) < 4.78 is 5.82. The zero-order valence-corrected chi connectivity index (χ0v) is 13.6. The SMILES string of the molecule is Cc1ccc(-c2cncc3ccc(CN4CCCCC4)cc23)o1. The molecule has 0 spiro atoms. The first kappa shape index (κ1) is 14.5. The van der Waals surface area contributed by atoms with E-state index in [0.29, 0.717) is 0 Å². The molecule has 0 bridgehead atoms. The van der Waals surface area contributed by atoms with E-state index in [-0.39, 0.29) is 0 Å². The minimum absolute atomic E-state index is 0.899. The third-order valence-electron chi connectivity index (χ3n) is 4.69. The van der Waals surface area contributed by atoms with E-state index in [9.17, 15) is 0 Å². The Balaban J connectivity index is 1.71. The van der Waals surface area contributed by atoms with Gasteiger partial charge in [-0.3, -0.25) is 9.88 Å². The van der Waals surface area contributed by atoms with E-state index >= 15 is 0 Å². The van der Waals surface area contributed by atoms with Crippen molar-refractivity contribution < 1.29 is 4.42 Å². The van der Waals surface area contributed by atoms with Gasteiger partial charge < -0.3 is 4.42 Å². The first-order valence-electron chi connectivity index (χ1n) is 8.45. The largest absolute Gasteiger partial charge is 0.461 e. The molecule has 0 aliphatic carbocycles. The van der Waals surface area contributed by atoms with E-state index in [1.54, 1.807) is 0 Å². The van der Waals surface area contributed by atoms with Crippen LogP contribution in [0.2, 0.25) is 0 Å². The van der Waals surface area contributed by atoms with E-state index in [2.05, 4.69) is 28.1 Å². The summed E-state index contributed by atoms with van der Waals surface area (Å²) in [6.45, 7) is 5.45. The van der Waals surface area contributed by atoms with Gasteiger partial charge in [-0.2, -0.15) is 0 Å². The average Bonchev–Trinajstić information content (AvgIpc) is 3.01. The zero-order valence-electron chi connectivity index (χ0n) is 13.6. The van der Waals surface area contributed by atoms with E-state index in [4.69, 9.17) is 4.42 Å². The van der Waals surface area contributed by atoms with Crippen molar-refractivity contribution in [1.29, 1.82) is 0 Å². The number of furan rings is 1. The third kappa shape index (κ3) is 3.02. The summed E-state index contributed by atoms with van der Waals surface area (Å²) in [5.41, 5.74) is 2.45. The fourth-order valence-electron chi connectivity index (χ4n) is 3.46. The minimum atomic E-state index is 0.899. The molecular weight excluding hydrogens is 284 g/mol. The molecule has 3 aromatic rings. The number of piperidine rings is 1. The maximum absolute atomic E-state index is 5.82. The van der Waals surface area contributed by atoms with Gasteiger partial charge in [-0.15, -0.1) is 0 Å². The van der Waals surface area contributed by atoms with Crippen LogP contribution in [-0.4, -0.2) is 23.0 Å². The predicted molar refractivity (Wildman–Crippen MR) is 93.3 cm³/mol. The van der Waals surface area contributed by atoms with E-state index in [1.165, 1.54) is 48.7 Å². The van der Waals surface area contributed by atoms with Crippen LogP contribution in [0.5, 0.6) is 0 Å². The highest BCUT2D eigenvalue weighted by Crippen LogP contribution is 2.30. The summed E-state index contributed by atoms with van der Waals surface area (Å²) in [6.07, 6.45) is 7.87. The van der Waals surface area contributed by atoms with E-state index in [0.717, 1.165) is 23.6 Å². The molecule has 1 fully saturated rings. The van der Waals surface area contributed by atoms with Gasteiger partial charge in [0.25, 0.3) is 0 Å². The van der Waals surface area contributed by atoms with Gasteiger partial charge in [0.05, 0.1) is 0 Å². The molecule has 23 heavy (non-hydrogen) atoms. The molecule has 1 aliphatic rings. The normalized spacial score (nSPS) is 16.0. The lowest BCUT2D eigenvalue weighted by Crippen LogP contribution is -2.29. The second kappa shape index (κ2) is 6.17. The van der Waals surface area contributed by atoms with E-state index in [1.807, 2.05) is 31.5 Å². The number of hydrogen-bond donors (Lipinski definition) is 0. The van der Waals surface area contributed by atoms with Gasteiger partial charge >= 0.3 is 0 Å². The summed E-state index contributed by atoms with van der Waals surface area (Å²) in [5, 5.41) is 2.39. The fourth-order valence-corrected chi connectivity index (χ4v) is 3.46. The number of aromatic nitrogens is 1. The lowest BCUT2D eigenvalue weighted by atomic mass is 10.0. The van der Waals surface area contributed by atoms with Crippen LogP contribution in [0.3, 0.4) is 0 Å². The van der Waals surface area contributed by atoms with Crippen molar-refractivity contribution in [2.75, 3.05) is 13.1 Å². The summed E-state index contributed by atoms with van der Waals surface area (Å²) in [6, 6.07) is 10.8. The molecule has 0 saturated carbocycles. The highest BCUT2D eigenvalue weighted by atomic mass is 16.3. The average molecular weight is 306 g/mol. The lowest BCUT2D eigenvalue weighted by molar-refractivity contribution is 0.221. The standard InChI is InChI=1S/C20H22N2O/c1-15-5-8-20(23-15)19-13-21-12-17-7-6-16(11-18(17)19)14-22-9-3-2-4-10-22/h5-8,11-13H,2-4,9-10,14H2,1H3. The van der Waals surface area contributed by atoms with Crippen molar-refractivity contribution >= 4 is 10.8 Å². The molecule has 3 heteroatoms. The van der Waals surface area contributed by atoms with E-state index < -0.39 is 0 Å². The number of aryl methyl sites for hydroxylation is 1. The number of benzene rings is 1. The predicted octanol–water partition coefficient (Wildman–Crippen LogP) is 4.79. The molecule has 4 rings (SSSR count). The van der Waals surface area contributed by atoms with Crippen LogP contribution in [0.25, 0.3) is 22.1 Å². The molecule has 1 aromatic carbocycles. The van der Waals surface area contributed by atoms with Crippen molar-refractivity contribution in [3.63, 3.8) is 0 Å². The number of rotatable bonds is 3. The van der Waals surface area contributed by atoms with Crippen LogP contribution >= 0.6 is 0 Å². The minimum Gasteiger partial charge on any atom is -0.461 e. The lowest BCUT2D eigenvalue weighted by Gasteiger charge is -2.26. The Labute approximate surface area is 136 Å². The van der Waals surface area contributed by atoms with Gasteiger partial charge in [0.2, 0.25) is 0 Å². The van der Waals surface area contributed by atoms with Gasteiger partial charge in [-0.1, -0.05) is 18.6 Å². The summed E-state index contributed by atoms with van der Waals surface area (Å²) in [4.78, 5) is 6.93. The molecule has 0 N–H and O–H groups in total. The van der Waals surface area contributed by atoms with Gasteiger partial charge in [0.15, 0.2) is 0 Å². The number of pyridine rings is 1. The smallest absolute Gasteiger partial charge is 0.136 e.